The van der Waals surface area contributed by atoms with Crippen molar-refractivity contribution >= 4 is 22.9 Å². The molecule has 0 aliphatic carbocycles. The van der Waals surface area contributed by atoms with Crippen molar-refractivity contribution in [3.8, 4) is 11.3 Å². The van der Waals surface area contributed by atoms with Gasteiger partial charge in [0.25, 0.3) is 5.56 Å². The monoisotopic (exact) mass is 481 g/mol. The number of nitrogens with one attached hydrogen (secondary N) is 1. The molecule has 0 aliphatic heterocycles. The first kappa shape index (κ1) is 23.9. The molecule has 2 heterocycles. The van der Waals surface area contributed by atoms with Crippen LogP contribution in [0.25, 0.3) is 22.4 Å². The largest absolute Gasteiger partial charge is 0.416 e. The van der Waals surface area contributed by atoms with Gasteiger partial charge in [0.1, 0.15) is 17.0 Å². The second kappa shape index (κ2) is 9.57. The summed E-state index contributed by atoms with van der Waals surface area (Å²) in [5.74, 6) is -0.232. The van der Waals surface area contributed by atoms with Crippen molar-refractivity contribution in [2.45, 2.75) is 32.6 Å². The van der Waals surface area contributed by atoms with E-state index in [0.717, 1.165) is 17.7 Å². The van der Waals surface area contributed by atoms with Crippen LogP contribution in [-0.2, 0) is 24.1 Å². The molecule has 0 atom stereocenters. The first-order valence-corrected chi connectivity index (χ1v) is 10.8. The van der Waals surface area contributed by atoms with E-state index in [0.29, 0.717) is 22.5 Å². The number of benzene rings is 2. The highest BCUT2D eigenvalue weighted by Gasteiger charge is 2.30. The van der Waals surface area contributed by atoms with Crippen LogP contribution < -0.4 is 16.6 Å². The van der Waals surface area contributed by atoms with E-state index < -0.39 is 23.2 Å². The number of alkyl halides is 3. The van der Waals surface area contributed by atoms with Crippen LogP contribution in [0.15, 0.2) is 65.5 Å². The Bertz CT molecular complexity index is 1450. The minimum absolute atomic E-state index is 0.0100. The van der Waals surface area contributed by atoms with Gasteiger partial charge in [-0.1, -0.05) is 42.0 Å². The normalized spacial score (nSPS) is 11.5. The number of aryl methyl sites for hydroxylation is 2. The van der Waals surface area contributed by atoms with Crippen LogP contribution in [0, 0.1) is 6.92 Å². The number of pyridine rings is 1. The number of fused-ring (bicyclic) bond motifs is 1. The molecule has 2 aromatic carbocycles. The molecule has 0 radical (unpaired) electrons. The van der Waals surface area contributed by atoms with Crippen LogP contribution in [0.4, 0.5) is 19.0 Å². The van der Waals surface area contributed by atoms with Crippen LogP contribution in [0.1, 0.15) is 23.1 Å². The average molecular weight is 481 g/mol. The Morgan fingerprint density at radius 1 is 1.06 bits per heavy atom. The Labute approximate surface area is 198 Å². The molecule has 4 aromatic rings. The van der Waals surface area contributed by atoms with Gasteiger partial charge in [0.05, 0.1) is 5.56 Å². The van der Waals surface area contributed by atoms with Crippen molar-refractivity contribution in [2.24, 2.45) is 5.73 Å². The van der Waals surface area contributed by atoms with Crippen LogP contribution >= 0.6 is 0 Å². The third-order valence-electron chi connectivity index (χ3n) is 5.42. The van der Waals surface area contributed by atoms with Gasteiger partial charge >= 0.3 is 6.18 Å². The smallest absolute Gasteiger partial charge is 0.370 e. The van der Waals surface area contributed by atoms with Gasteiger partial charge in [-0.2, -0.15) is 13.2 Å². The molecule has 35 heavy (non-hydrogen) atoms. The Balaban J connectivity index is 1.71. The predicted octanol–water partition coefficient (Wildman–Crippen LogP) is 4.27. The Hall–Kier alpha value is -4.21. The fourth-order valence-corrected chi connectivity index (χ4v) is 3.60. The number of carbonyl (C=O) groups excluding carboxylic acids is 1. The molecule has 0 aliphatic rings. The predicted molar refractivity (Wildman–Crippen MR) is 127 cm³/mol. The molecule has 0 saturated heterocycles. The van der Waals surface area contributed by atoms with E-state index >= 15 is 0 Å². The van der Waals surface area contributed by atoms with E-state index in [-0.39, 0.29) is 30.9 Å². The summed E-state index contributed by atoms with van der Waals surface area (Å²) >= 11 is 0. The zero-order valence-electron chi connectivity index (χ0n) is 18.8. The van der Waals surface area contributed by atoms with E-state index in [1.54, 1.807) is 30.3 Å². The lowest BCUT2D eigenvalue weighted by atomic mass is 10.1. The van der Waals surface area contributed by atoms with Crippen LogP contribution in [0.2, 0.25) is 0 Å². The number of anilines is 1. The summed E-state index contributed by atoms with van der Waals surface area (Å²) in [6.07, 6.45) is -4.51. The third kappa shape index (κ3) is 5.48. The lowest BCUT2D eigenvalue weighted by molar-refractivity contribution is -0.137. The molecular weight excluding hydrogens is 459 g/mol. The van der Waals surface area contributed by atoms with E-state index in [9.17, 15) is 22.8 Å². The molecule has 3 N–H and O–H groups in total. The number of halogens is 3. The first-order valence-electron chi connectivity index (χ1n) is 10.8. The number of hydrogen-bond acceptors (Lipinski definition) is 5. The minimum Gasteiger partial charge on any atom is -0.370 e. The highest BCUT2D eigenvalue weighted by atomic mass is 19.4. The maximum Gasteiger partial charge on any atom is 0.416 e. The third-order valence-corrected chi connectivity index (χ3v) is 5.42. The summed E-state index contributed by atoms with van der Waals surface area (Å²) in [7, 11) is 0. The highest BCUT2D eigenvalue weighted by molar-refractivity contribution is 5.77. The van der Waals surface area contributed by atoms with Gasteiger partial charge in [0.2, 0.25) is 5.91 Å². The van der Waals surface area contributed by atoms with Gasteiger partial charge < -0.3 is 11.1 Å². The van der Waals surface area contributed by atoms with Gasteiger partial charge in [-0.3, -0.25) is 14.2 Å². The Kier molecular flexibility index (Phi) is 6.54. The van der Waals surface area contributed by atoms with E-state index in [1.807, 2.05) is 19.1 Å². The minimum atomic E-state index is -4.44. The molecule has 4 rings (SSSR count). The second-order valence-electron chi connectivity index (χ2n) is 8.09. The number of primary amides is 1. The fraction of sp³-hybridized carbons (Fsp3) is 0.200. The maximum atomic E-state index is 13.3. The molecule has 7 nitrogen and oxygen atoms in total. The van der Waals surface area contributed by atoms with Crippen molar-refractivity contribution in [1.82, 2.24) is 14.5 Å². The van der Waals surface area contributed by atoms with Crippen molar-refractivity contribution in [2.75, 3.05) is 5.32 Å². The molecule has 0 saturated carbocycles. The number of hydrogen-bond donors (Lipinski definition) is 2. The average Bonchev–Trinajstić information content (AvgIpc) is 2.82. The standard InChI is InChI=1S/C25H22F3N5O2/c1-15-5-7-17(8-6-15)22-24(35)33(12-11-20(29)34)23-19(31-22)9-10-21(32-23)30-14-16-3-2-4-18(13-16)25(26,27)28/h2-10,13H,11-12,14H2,1H3,(H2,29,34)(H,30,32). The lowest BCUT2D eigenvalue weighted by Crippen LogP contribution is -2.27. The van der Waals surface area contributed by atoms with Crippen molar-refractivity contribution < 1.29 is 18.0 Å². The van der Waals surface area contributed by atoms with Crippen molar-refractivity contribution in [3.63, 3.8) is 0 Å². The zero-order chi connectivity index (χ0) is 25.2. The molecule has 2 aromatic heterocycles. The van der Waals surface area contributed by atoms with Gasteiger partial charge in [-0.15, -0.1) is 0 Å². The maximum absolute atomic E-state index is 13.3. The number of amides is 1. The number of nitrogens with zero attached hydrogens (tertiary/aromatic N) is 3. The van der Waals surface area contributed by atoms with Crippen LogP contribution in [-0.4, -0.2) is 20.4 Å². The quantitative estimate of drug-likeness (QED) is 0.410. The molecule has 1 amide bonds. The van der Waals surface area contributed by atoms with Gasteiger partial charge in [0.15, 0.2) is 5.65 Å². The van der Waals surface area contributed by atoms with Gasteiger partial charge in [0, 0.05) is 25.1 Å². The summed E-state index contributed by atoms with van der Waals surface area (Å²) in [6.45, 7) is 2.03. The number of rotatable bonds is 7. The zero-order valence-corrected chi connectivity index (χ0v) is 18.8. The summed E-state index contributed by atoms with van der Waals surface area (Å²) in [5.41, 5.74) is 7.09. The number of aromatic nitrogens is 3. The molecule has 0 spiro atoms. The molecular formula is C25H22F3N5O2. The SMILES string of the molecule is Cc1ccc(-c2nc3ccc(NCc4cccc(C(F)(F)F)c4)nc3n(CCC(N)=O)c2=O)cc1. The summed E-state index contributed by atoms with van der Waals surface area (Å²) in [6, 6.07) is 15.6. The summed E-state index contributed by atoms with van der Waals surface area (Å²) < 4.78 is 40.3. The van der Waals surface area contributed by atoms with E-state index in [2.05, 4.69) is 15.3 Å². The van der Waals surface area contributed by atoms with E-state index in [1.165, 1.54) is 10.6 Å². The fourth-order valence-electron chi connectivity index (χ4n) is 3.60. The molecule has 0 unspecified atom stereocenters. The highest BCUT2D eigenvalue weighted by Crippen LogP contribution is 2.29. The Morgan fingerprint density at radius 2 is 1.80 bits per heavy atom. The van der Waals surface area contributed by atoms with Gasteiger partial charge in [-0.05, 0) is 36.8 Å². The molecule has 0 fully saturated rings. The summed E-state index contributed by atoms with van der Waals surface area (Å²) in [5, 5.41) is 2.98. The van der Waals surface area contributed by atoms with Crippen LogP contribution in [0.5, 0.6) is 0 Å². The molecule has 0 bridgehead atoms. The Morgan fingerprint density at radius 3 is 2.49 bits per heavy atom. The summed E-state index contributed by atoms with van der Waals surface area (Å²) in [4.78, 5) is 33.7. The van der Waals surface area contributed by atoms with Crippen molar-refractivity contribution in [1.29, 1.82) is 0 Å². The second-order valence-corrected chi connectivity index (χ2v) is 8.09. The number of carbonyl (C=O) groups is 1. The van der Waals surface area contributed by atoms with Crippen LogP contribution in [0.3, 0.4) is 0 Å². The lowest BCUT2D eigenvalue weighted by Gasteiger charge is -2.13. The topological polar surface area (TPSA) is 103 Å². The number of nitrogens with two attached hydrogens (primary N) is 1. The molecule has 180 valence electrons. The van der Waals surface area contributed by atoms with E-state index in [4.69, 9.17) is 5.73 Å². The first-order chi connectivity index (χ1) is 16.6. The van der Waals surface area contributed by atoms with Gasteiger partial charge in [-0.25, -0.2) is 9.97 Å². The molecule has 10 heteroatoms. The van der Waals surface area contributed by atoms with Crippen molar-refractivity contribution in [3.05, 3.63) is 87.7 Å².